The van der Waals surface area contributed by atoms with Crippen molar-refractivity contribution in [3.8, 4) is 0 Å². The molecule has 2 amide bonds. The third-order valence-corrected chi connectivity index (χ3v) is 3.36. The Bertz CT molecular complexity index is 602. The van der Waals surface area contributed by atoms with E-state index in [1.54, 1.807) is 13.0 Å². The number of nitrogens with one attached hydrogen (secondary N) is 1. The summed E-state index contributed by atoms with van der Waals surface area (Å²) in [6, 6.07) is 0.725. The SMILES string of the molecule is Cc1ccnc(N2CCNC(=O)C2CC(=O)O)c1C(N)=O. The van der Waals surface area contributed by atoms with Crippen LogP contribution in [0.2, 0.25) is 0 Å². The van der Waals surface area contributed by atoms with Gasteiger partial charge < -0.3 is 21.1 Å². The van der Waals surface area contributed by atoms with Gasteiger partial charge >= 0.3 is 5.97 Å². The summed E-state index contributed by atoms with van der Waals surface area (Å²) in [4.78, 5) is 40.2. The highest BCUT2D eigenvalue weighted by Gasteiger charge is 2.34. The van der Waals surface area contributed by atoms with E-state index in [1.807, 2.05) is 0 Å². The molecule has 8 nitrogen and oxygen atoms in total. The van der Waals surface area contributed by atoms with Crippen LogP contribution < -0.4 is 16.0 Å². The number of carbonyl (C=O) groups is 3. The highest BCUT2D eigenvalue weighted by Crippen LogP contribution is 2.24. The number of hydrogen-bond acceptors (Lipinski definition) is 5. The van der Waals surface area contributed by atoms with Gasteiger partial charge in [0.2, 0.25) is 5.91 Å². The zero-order valence-electron chi connectivity index (χ0n) is 11.5. The number of amides is 2. The molecule has 1 aliphatic heterocycles. The van der Waals surface area contributed by atoms with Gasteiger partial charge in [-0.3, -0.25) is 14.4 Å². The van der Waals surface area contributed by atoms with Gasteiger partial charge in [-0.05, 0) is 18.6 Å². The van der Waals surface area contributed by atoms with Gasteiger partial charge in [-0.2, -0.15) is 0 Å². The number of carbonyl (C=O) groups excluding carboxylic acids is 2. The smallest absolute Gasteiger partial charge is 0.305 e. The van der Waals surface area contributed by atoms with E-state index in [4.69, 9.17) is 10.8 Å². The molecule has 0 aromatic carbocycles. The molecule has 2 heterocycles. The molecular formula is C13H16N4O4. The fourth-order valence-electron chi connectivity index (χ4n) is 2.40. The Labute approximate surface area is 120 Å². The maximum atomic E-state index is 11.9. The summed E-state index contributed by atoms with van der Waals surface area (Å²) in [5.74, 6) is -1.91. The average Bonchev–Trinajstić information content (AvgIpc) is 2.40. The summed E-state index contributed by atoms with van der Waals surface area (Å²) in [5.41, 5.74) is 6.22. The average molecular weight is 292 g/mol. The second kappa shape index (κ2) is 5.78. The van der Waals surface area contributed by atoms with Gasteiger partial charge in [-0.25, -0.2) is 4.98 Å². The van der Waals surface area contributed by atoms with Crippen LogP contribution in [-0.4, -0.2) is 47.0 Å². The molecule has 8 heteroatoms. The zero-order chi connectivity index (χ0) is 15.6. The van der Waals surface area contributed by atoms with Gasteiger partial charge in [-0.15, -0.1) is 0 Å². The molecular weight excluding hydrogens is 276 g/mol. The molecule has 0 aliphatic carbocycles. The van der Waals surface area contributed by atoms with Crippen molar-refractivity contribution >= 4 is 23.6 Å². The molecule has 2 rings (SSSR count). The first-order valence-electron chi connectivity index (χ1n) is 6.43. The number of carboxylic acid groups (broad SMARTS) is 1. The van der Waals surface area contributed by atoms with E-state index < -0.39 is 23.8 Å². The fraction of sp³-hybridized carbons (Fsp3) is 0.385. The molecule has 112 valence electrons. The van der Waals surface area contributed by atoms with Gasteiger partial charge in [0.1, 0.15) is 11.9 Å². The summed E-state index contributed by atoms with van der Waals surface area (Å²) >= 11 is 0. The van der Waals surface area contributed by atoms with Crippen LogP contribution in [0.1, 0.15) is 22.3 Å². The number of hydrogen-bond donors (Lipinski definition) is 3. The van der Waals surface area contributed by atoms with Crippen molar-refractivity contribution in [3.05, 3.63) is 23.4 Å². The first-order chi connectivity index (χ1) is 9.91. The quantitative estimate of drug-likeness (QED) is 0.671. The van der Waals surface area contributed by atoms with Gasteiger partial charge in [0, 0.05) is 19.3 Å². The van der Waals surface area contributed by atoms with Crippen LogP contribution in [0.25, 0.3) is 0 Å². The number of nitrogens with zero attached hydrogens (tertiary/aromatic N) is 2. The molecule has 1 atom stereocenters. The minimum atomic E-state index is -1.10. The predicted molar refractivity (Wildman–Crippen MR) is 73.9 cm³/mol. The van der Waals surface area contributed by atoms with E-state index in [9.17, 15) is 14.4 Å². The number of primary amides is 1. The molecule has 0 saturated carbocycles. The van der Waals surface area contributed by atoms with Crippen molar-refractivity contribution in [2.75, 3.05) is 18.0 Å². The Morgan fingerprint density at radius 1 is 1.57 bits per heavy atom. The van der Waals surface area contributed by atoms with Crippen LogP contribution >= 0.6 is 0 Å². The number of aromatic nitrogens is 1. The second-order valence-corrected chi connectivity index (χ2v) is 4.79. The molecule has 21 heavy (non-hydrogen) atoms. The number of anilines is 1. The van der Waals surface area contributed by atoms with E-state index >= 15 is 0 Å². The van der Waals surface area contributed by atoms with Gasteiger partial charge in [0.25, 0.3) is 5.91 Å². The van der Waals surface area contributed by atoms with Gasteiger partial charge in [0.15, 0.2) is 0 Å². The third-order valence-electron chi connectivity index (χ3n) is 3.36. The predicted octanol–water partition coefficient (Wildman–Crippen LogP) is -0.732. The molecule has 0 spiro atoms. The summed E-state index contributed by atoms with van der Waals surface area (Å²) in [7, 11) is 0. The number of rotatable bonds is 4. The lowest BCUT2D eigenvalue weighted by Gasteiger charge is -2.36. The van der Waals surface area contributed by atoms with Crippen LogP contribution in [0.4, 0.5) is 5.82 Å². The van der Waals surface area contributed by atoms with Crippen molar-refractivity contribution < 1.29 is 19.5 Å². The van der Waals surface area contributed by atoms with Crippen LogP contribution in [0.3, 0.4) is 0 Å². The molecule has 1 aromatic rings. The molecule has 1 aromatic heterocycles. The summed E-state index contributed by atoms with van der Waals surface area (Å²) in [6.45, 7) is 2.42. The Balaban J connectivity index is 2.47. The minimum absolute atomic E-state index is 0.211. The molecule has 1 aliphatic rings. The highest BCUT2D eigenvalue weighted by atomic mass is 16.4. The lowest BCUT2D eigenvalue weighted by atomic mass is 10.0. The largest absolute Gasteiger partial charge is 0.481 e. The Kier molecular flexibility index (Phi) is 4.06. The van der Waals surface area contributed by atoms with Crippen LogP contribution in [-0.2, 0) is 9.59 Å². The van der Waals surface area contributed by atoms with Crippen molar-refractivity contribution in [2.24, 2.45) is 5.73 Å². The van der Waals surface area contributed by atoms with E-state index in [1.165, 1.54) is 11.1 Å². The maximum absolute atomic E-state index is 11.9. The standard InChI is InChI=1S/C13H16N4O4/c1-7-2-3-15-12(10(7)11(14)20)17-5-4-16-13(21)8(17)6-9(18)19/h2-3,8H,4-6H2,1H3,(H2,14,20)(H,16,21)(H,18,19). The maximum Gasteiger partial charge on any atom is 0.305 e. The van der Waals surface area contributed by atoms with Crippen LogP contribution in [0, 0.1) is 6.92 Å². The zero-order valence-corrected chi connectivity index (χ0v) is 11.5. The number of aliphatic carboxylic acids is 1. The molecule has 0 radical (unpaired) electrons. The third kappa shape index (κ3) is 2.93. The fourth-order valence-corrected chi connectivity index (χ4v) is 2.40. The summed E-state index contributed by atoms with van der Waals surface area (Å²) in [5, 5.41) is 11.6. The summed E-state index contributed by atoms with van der Waals surface area (Å²) in [6.07, 6.45) is 1.13. The topological polar surface area (TPSA) is 126 Å². The molecule has 1 saturated heterocycles. The van der Waals surface area contributed by atoms with Gasteiger partial charge in [0.05, 0.1) is 12.0 Å². The Morgan fingerprint density at radius 3 is 2.90 bits per heavy atom. The second-order valence-electron chi connectivity index (χ2n) is 4.79. The van der Waals surface area contributed by atoms with Crippen molar-refractivity contribution in [1.29, 1.82) is 0 Å². The number of aryl methyl sites for hydroxylation is 1. The lowest BCUT2D eigenvalue weighted by molar-refractivity contribution is -0.139. The molecule has 1 fully saturated rings. The number of carboxylic acids is 1. The lowest BCUT2D eigenvalue weighted by Crippen LogP contribution is -2.56. The van der Waals surface area contributed by atoms with Crippen LogP contribution in [0.5, 0.6) is 0 Å². The monoisotopic (exact) mass is 292 g/mol. The van der Waals surface area contributed by atoms with Crippen LogP contribution in [0.15, 0.2) is 12.3 Å². The first-order valence-corrected chi connectivity index (χ1v) is 6.43. The normalized spacial score (nSPS) is 18.2. The Hall–Kier alpha value is -2.64. The highest BCUT2D eigenvalue weighted by molar-refractivity contribution is 6.00. The van der Waals surface area contributed by atoms with E-state index in [2.05, 4.69) is 10.3 Å². The van der Waals surface area contributed by atoms with Crippen molar-refractivity contribution in [1.82, 2.24) is 10.3 Å². The first kappa shape index (κ1) is 14.8. The number of nitrogens with two attached hydrogens (primary N) is 1. The number of pyridine rings is 1. The Morgan fingerprint density at radius 2 is 2.29 bits per heavy atom. The summed E-state index contributed by atoms with van der Waals surface area (Å²) < 4.78 is 0. The van der Waals surface area contributed by atoms with E-state index in [0.717, 1.165) is 0 Å². The number of piperazine rings is 1. The minimum Gasteiger partial charge on any atom is -0.481 e. The van der Waals surface area contributed by atoms with Crippen molar-refractivity contribution in [3.63, 3.8) is 0 Å². The molecule has 4 N–H and O–H groups in total. The molecule has 0 bridgehead atoms. The molecule has 1 unspecified atom stereocenters. The van der Waals surface area contributed by atoms with E-state index in [-0.39, 0.29) is 17.8 Å². The van der Waals surface area contributed by atoms with Gasteiger partial charge in [-0.1, -0.05) is 0 Å². The van der Waals surface area contributed by atoms with E-state index in [0.29, 0.717) is 18.7 Å². The van der Waals surface area contributed by atoms with Crippen molar-refractivity contribution in [2.45, 2.75) is 19.4 Å².